The van der Waals surface area contributed by atoms with Gasteiger partial charge in [0.25, 0.3) is 11.5 Å². The van der Waals surface area contributed by atoms with Gasteiger partial charge in [-0.05, 0) is 42.5 Å². The molecule has 6 nitrogen and oxygen atoms in total. The highest BCUT2D eigenvalue weighted by Crippen LogP contribution is 2.24. The molecule has 0 saturated heterocycles. The van der Waals surface area contributed by atoms with Crippen LogP contribution in [0.15, 0.2) is 71.5 Å². The maximum absolute atomic E-state index is 13.2. The Morgan fingerprint density at radius 1 is 1.00 bits per heavy atom. The van der Waals surface area contributed by atoms with Crippen molar-refractivity contribution in [1.29, 1.82) is 0 Å². The van der Waals surface area contributed by atoms with Crippen LogP contribution in [0.5, 0.6) is 5.75 Å². The summed E-state index contributed by atoms with van der Waals surface area (Å²) in [4.78, 5) is 30.6. The summed E-state index contributed by atoms with van der Waals surface area (Å²) in [5, 5.41) is 0.940. The van der Waals surface area contributed by atoms with Gasteiger partial charge in [0.05, 0.1) is 28.1 Å². The summed E-state index contributed by atoms with van der Waals surface area (Å²) in [6.07, 6.45) is 0. The third-order valence-corrected chi connectivity index (χ3v) is 5.24. The van der Waals surface area contributed by atoms with Crippen LogP contribution in [0.3, 0.4) is 0 Å². The molecule has 0 aliphatic carbocycles. The molecular formula is C22H15Cl2N3O3. The SMILES string of the molecule is COc1cccc(-c2nc3ccccc3c(=O)n2NC(=O)c2ccc(Cl)c(Cl)c2)c1. The van der Waals surface area contributed by atoms with Gasteiger partial charge in [0, 0.05) is 11.1 Å². The molecule has 0 aliphatic rings. The average Bonchev–Trinajstić information content (AvgIpc) is 2.77. The van der Waals surface area contributed by atoms with Crippen molar-refractivity contribution in [3.63, 3.8) is 0 Å². The lowest BCUT2D eigenvalue weighted by atomic mass is 10.1. The van der Waals surface area contributed by atoms with Crippen molar-refractivity contribution in [2.45, 2.75) is 0 Å². The van der Waals surface area contributed by atoms with E-state index in [4.69, 9.17) is 27.9 Å². The number of para-hydroxylation sites is 1. The summed E-state index contributed by atoms with van der Waals surface area (Å²) >= 11 is 12.0. The predicted molar refractivity (Wildman–Crippen MR) is 118 cm³/mol. The molecule has 3 aromatic carbocycles. The normalized spacial score (nSPS) is 10.8. The first-order chi connectivity index (χ1) is 14.5. The average molecular weight is 440 g/mol. The van der Waals surface area contributed by atoms with Crippen molar-refractivity contribution in [2.75, 3.05) is 12.5 Å². The number of carbonyl (C=O) groups is 1. The molecule has 1 N–H and O–H groups in total. The Balaban J connectivity index is 1.88. The quantitative estimate of drug-likeness (QED) is 0.497. The van der Waals surface area contributed by atoms with Crippen molar-refractivity contribution in [3.8, 4) is 17.1 Å². The fourth-order valence-electron chi connectivity index (χ4n) is 3.00. The van der Waals surface area contributed by atoms with Crippen LogP contribution < -0.4 is 15.7 Å². The van der Waals surface area contributed by atoms with E-state index in [9.17, 15) is 9.59 Å². The smallest absolute Gasteiger partial charge is 0.280 e. The van der Waals surface area contributed by atoms with Gasteiger partial charge in [0.1, 0.15) is 5.75 Å². The highest BCUT2D eigenvalue weighted by atomic mass is 35.5. The summed E-state index contributed by atoms with van der Waals surface area (Å²) in [7, 11) is 1.55. The van der Waals surface area contributed by atoms with E-state index < -0.39 is 11.5 Å². The lowest BCUT2D eigenvalue weighted by Gasteiger charge is -2.15. The van der Waals surface area contributed by atoms with Gasteiger partial charge in [-0.25, -0.2) is 4.98 Å². The van der Waals surface area contributed by atoms with Gasteiger partial charge in [-0.2, -0.15) is 4.68 Å². The first-order valence-corrected chi connectivity index (χ1v) is 9.66. The molecule has 1 heterocycles. The van der Waals surface area contributed by atoms with Crippen molar-refractivity contribution < 1.29 is 9.53 Å². The number of hydrogen-bond donors (Lipinski definition) is 1. The van der Waals surface area contributed by atoms with E-state index in [1.54, 1.807) is 55.6 Å². The minimum atomic E-state index is -0.531. The summed E-state index contributed by atoms with van der Waals surface area (Å²) in [5.41, 5.74) is 3.59. The number of nitrogens with one attached hydrogen (secondary N) is 1. The largest absolute Gasteiger partial charge is 0.497 e. The Labute approximate surface area is 181 Å². The zero-order valence-electron chi connectivity index (χ0n) is 15.7. The summed E-state index contributed by atoms with van der Waals surface area (Å²) < 4.78 is 6.41. The van der Waals surface area contributed by atoms with Crippen molar-refractivity contribution >= 4 is 40.0 Å². The van der Waals surface area contributed by atoms with Crippen LogP contribution in [0, 0.1) is 0 Å². The van der Waals surface area contributed by atoms with Crippen LogP contribution in [0.2, 0.25) is 10.0 Å². The monoisotopic (exact) mass is 439 g/mol. The first-order valence-electron chi connectivity index (χ1n) is 8.90. The lowest BCUT2D eigenvalue weighted by Crippen LogP contribution is -2.35. The molecule has 8 heteroatoms. The molecule has 1 aromatic heterocycles. The number of benzene rings is 3. The second-order valence-corrected chi connectivity index (χ2v) is 7.21. The van der Waals surface area contributed by atoms with Crippen LogP contribution in [0.25, 0.3) is 22.3 Å². The number of fused-ring (bicyclic) bond motifs is 1. The van der Waals surface area contributed by atoms with E-state index in [1.807, 2.05) is 0 Å². The number of aromatic nitrogens is 2. The topological polar surface area (TPSA) is 73.2 Å². The Morgan fingerprint density at radius 3 is 2.57 bits per heavy atom. The molecule has 30 heavy (non-hydrogen) atoms. The maximum atomic E-state index is 13.2. The molecule has 0 unspecified atom stereocenters. The fourth-order valence-corrected chi connectivity index (χ4v) is 3.29. The molecule has 4 rings (SSSR count). The molecule has 0 bridgehead atoms. The number of halogens is 2. The van der Waals surface area contributed by atoms with Crippen LogP contribution in [0.1, 0.15) is 10.4 Å². The number of hydrogen-bond acceptors (Lipinski definition) is 4. The van der Waals surface area contributed by atoms with Crippen LogP contribution in [-0.4, -0.2) is 22.7 Å². The summed E-state index contributed by atoms with van der Waals surface area (Å²) in [5.74, 6) is 0.333. The van der Waals surface area contributed by atoms with Gasteiger partial charge in [0.15, 0.2) is 5.82 Å². The standard InChI is InChI=1S/C22H15Cl2N3O3/c1-30-15-6-4-5-13(11-15)20-25-19-8-3-2-7-16(19)22(29)27(20)26-21(28)14-9-10-17(23)18(24)12-14/h2-12H,1H3,(H,26,28). The number of rotatable bonds is 4. The number of nitrogens with zero attached hydrogens (tertiary/aromatic N) is 2. The number of carbonyl (C=O) groups excluding carboxylic acids is 1. The van der Waals surface area contributed by atoms with Gasteiger partial charge in [-0.1, -0.05) is 47.5 Å². The summed E-state index contributed by atoms with van der Waals surface area (Å²) in [6, 6.07) is 18.5. The molecule has 0 radical (unpaired) electrons. The molecule has 1 amide bonds. The van der Waals surface area contributed by atoms with Gasteiger partial charge < -0.3 is 4.74 Å². The van der Waals surface area contributed by atoms with E-state index in [0.29, 0.717) is 27.2 Å². The van der Waals surface area contributed by atoms with Crippen LogP contribution in [0.4, 0.5) is 0 Å². The number of amides is 1. The second kappa shape index (κ2) is 8.18. The minimum Gasteiger partial charge on any atom is -0.497 e. The highest BCUT2D eigenvalue weighted by molar-refractivity contribution is 6.42. The third-order valence-electron chi connectivity index (χ3n) is 4.50. The van der Waals surface area contributed by atoms with E-state index in [1.165, 1.54) is 18.2 Å². The Hall–Kier alpha value is -3.35. The second-order valence-electron chi connectivity index (χ2n) is 6.39. The fraction of sp³-hybridized carbons (Fsp3) is 0.0455. The molecule has 0 aliphatic heterocycles. The molecule has 150 valence electrons. The van der Waals surface area contributed by atoms with E-state index in [0.717, 1.165) is 4.68 Å². The van der Waals surface area contributed by atoms with Gasteiger partial charge >= 0.3 is 0 Å². The number of ether oxygens (including phenoxy) is 1. The predicted octanol–water partition coefficient (Wildman–Crippen LogP) is 4.76. The van der Waals surface area contributed by atoms with Crippen molar-refractivity contribution in [3.05, 3.63) is 92.7 Å². The first kappa shape index (κ1) is 19.9. The minimum absolute atomic E-state index is 0.237. The maximum Gasteiger partial charge on any atom is 0.280 e. The van der Waals surface area contributed by atoms with E-state index in [-0.39, 0.29) is 16.4 Å². The molecule has 0 saturated carbocycles. The molecule has 0 fully saturated rings. The zero-order valence-corrected chi connectivity index (χ0v) is 17.2. The molecule has 0 spiro atoms. The molecule has 0 atom stereocenters. The summed E-state index contributed by atoms with van der Waals surface area (Å²) in [6.45, 7) is 0. The van der Waals surface area contributed by atoms with Gasteiger partial charge in [-0.3, -0.25) is 15.0 Å². The lowest BCUT2D eigenvalue weighted by molar-refractivity contribution is 0.101. The van der Waals surface area contributed by atoms with Crippen molar-refractivity contribution in [1.82, 2.24) is 9.66 Å². The van der Waals surface area contributed by atoms with Crippen molar-refractivity contribution in [2.24, 2.45) is 0 Å². The zero-order chi connectivity index (χ0) is 21.3. The van der Waals surface area contributed by atoms with E-state index in [2.05, 4.69) is 10.4 Å². The Morgan fingerprint density at radius 2 is 1.80 bits per heavy atom. The Bertz CT molecular complexity index is 1340. The number of methoxy groups -OCH3 is 1. The highest BCUT2D eigenvalue weighted by Gasteiger charge is 2.17. The third kappa shape index (κ3) is 3.75. The van der Waals surface area contributed by atoms with Crippen LogP contribution in [-0.2, 0) is 0 Å². The van der Waals surface area contributed by atoms with Gasteiger partial charge in [0.2, 0.25) is 0 Å². The molecular weight excluding hydrogens is 425 g/mol. The van der Waals surface area contributed by atoms with Gasteiger partial charge in [-0.15, -0.1) is 0 Å². The Kier molecular flexibility index (Phi) is 5.44. The molecule has 4 aromatic rings. The van der Waals surface area contributed by atoms with Crippen LogP contribution >= 0.6 is 23.2 Å². The van der Waals surface area contributed by atoms with E-state index >= 15 is 0 Å².